The highest BCUT2D eigenvalue weighted by molar-refractivity contribution is 6.10. The van der Waals surface area contributed by atoms with Crippen molar-refractivity contribution in [3.05, 3.63) is 141 Å². The number of anilines is 1. The molecule has 0 fully saturated rings. The van der Waals surface area contributed by atoms with E-state index in [-0.39, 0.29) is 22.3 Å². The van der Waals surface area contributed by atoms with Gasteiger partial charge in [-0.3, -0.25) is 14.5 Å². The van der Waals surface area contributed by atoms with Gasteiger partial charge >= 0.3 is 0 Å². The molecule has 4 aromatic carbocycles. The first-order valence-corrected chi connectivity index (χ1v) is 11.6. The first kappa shape index (κ1) is 22.7. The number of rotatable bonds is 5. The van der Waals surface area contributed by atoms with E-state index in [1.807, 2.05) is 30.3 Å². The van der Waals surface area contributed by atoms with Crippen LogP contribution in [0.5, 0.6) is 5.75 Å². The Balaban J connectivity index is 1.44. The molecular formula is C30H19F2NO4. The highest BCUT2D eigenvalue weighted by Crippen LogP contribution is 2.41. The number of carbonyl (C=O) groups is 1. The van der Waals surface area contributed by atoms with Gasteiger partial charge in [0, 0.05) is 5.69 Å². The van der Waals surface area contributed by atoms with Crippen molar-refractivity contribution in [1.82, 2.24) is 0 Å². The maximum Gasteiger partial charge on any atom is 0.295 e. The first-order valence-electron chi connectivity index (χ1n) is 11.6. The van der Waals surface area contributed by atoms with Crippen LogP contribution in [0.25, 0.3) is 11.0 Å². The van der Waals surface area contributed by atoms with Crippen molar-refractivity contribution < 1.29 is 22.7 Å². The summed E-state index contributed by atoms with van der Waals surface area (Å²) in [6.45, 7) is 0.383. The Morgan fingerprint density at radius 3 is 2.24 bits per heavy atom. The standard InChI is InChI=1S/C30H19F2NO4/c31-20-8-11-22(12-9-20)33-27(19-6-13-23(14-7-19)36-17-18-4-2-1-3-5-18)26-28(34)24-16-21(32)10-15-25(24)37-29(26)30(33)35/h1-16,27H,17H2. The van der Waals surface area contributed by atoms with Crippen molar-refractivity contribution >= 4 is 22.6 Å². The zero-order valence-corrected chi connectivity index (χ0v) is 19.4. The third-order valence-corrected chi connectivity index (χ3v) is 6.38. The van der Waals surface area contributed by atoms with Crippen LogP contribution in [0.1, 0.15) is 33.3 Å². The molecule has 0 saturated carbocycles. The van der Waals surface area contributed by atoms with Crippen LogP contribution in [0.4, 0.5) is 14.5 Å². The maximum absolute atomic E-state index is 14.0. The van der Waals surface area contributed by atoms with Crippen LogP contribution >= 0.6 is 0 Å². The van der Waals surface area contributed by atoms with Crippen LogP contribution in [-0.4, -0.2) is 5.91 Å². The number of nitrogens with zero attached hydrogens (tertiary/aromatic N) is 1. The van der Waals surface area contributed by atoms with Crippen molar-refractivity contribution in [1.29, 1.82) is 0 Å². The molecule has 6 rings (SSSR count). The Kier molecular flexibility index (Phi) is 5.53. The fraction of sp³-hybridized carbons (Fsp3) is 0.0667. The molecule has 37 heavy (non-hydrogen) atoms. The zero-order chi connectivity index (χ0) is 25.5. The van der Waals surface area contributed by atoms with Crippen LogP contribution in [0.15, 0.2) is 106 Å². The van der Waals surface area contributed by atoms with Gasteiger partial charge in [-0.25, -0.2) is 8.78 Å². The molecule has 1 aliphatic rings. The lowest BCUT2D eigenvalue weighted by Gasteiger charge is -2.25. The summed E-state index contributed by atoms with van der Waals surface area (Å²) in [4.78, 5) is 28.5. The Bertz CT molecular complexity index is 1680. The molecule has 7 heteroatoms. The largest absolute Gasteiger partial charge is 0.489 e. The van der Waals surface area contributed by atoms with E-state index in [0.29, 0.717) is 23.6 Å². The van der Waals surface area contributed by atoms with Crippen molar-refractivity contribution in [3.8, 4) is 5.75 Å². The molecule has 1 atom stereocenters. The lowest BCUT2D eigenvalue weighted by Crippen LogP contribution is -2.29. The Hall–Kier alpha value is -4.78. The molecule has 1 amide bonds. The summed E-state index contributed by atoms with van der Waals surface area (Å²) < 4.78 is 39.3. The summed E-state index contributed by atoms with van der Waals surface area (Å²) in [6.07, 6.45) is 0. The molecule has 1 aromatic heterocycles. The highest BCUT2D eigenvalue weighted by atomic mass is 19.1. The van der Waals surface area contributed by atoms with Gasteiger partial charge in [-0.2, -0.15) is 0 Å². The number of hydrogen-bond acceptors (Lipinski definition) is 4. The number of hydrogen-bond donors (Lipinski definition) is 0. The topological polar surface area (TPSA) is 59.8 Å². The smallest absolute Gasteiger partial charge is 0.295 e. The average Bonchev–Trinajstić information content (AvgIpc) is 3.21. The van der Waals surface area contributed by atoms with E-state index in [1.165, 1.54) is 41.3 Å². The van der Waals surface area contributed by atoms with Gasteiger partial charge in [0.25, 0.3) is 5.91 Å². The number of fused-ring (bicyclic) bond motifs is 2. The second-order valence-corrected chi connectivity index (χ2v) is 8.71. The Morgan fingerprint density at radius 1 is 0.811 bits per heavy atom. The summed E-state index contributed by atoms with van der Waals surface area (Å²) in [5.41, 5.74) is 1.74. The molecule has 0 aliphatic carbocycles. The van der Waals surface area contributed by atoms with Gasteiger partial charge in [0.1, 0.15) is 29.6 Å². The van der Waals surface area contributed by atoms with Gasteiger partial charge in [-0.15, -0.1) is 0 Å². The lowest BCUT2D eigenvalue weighted by atomic mass is 9.98. The van der Waals surface area contributed by atoms with E-state index in [9.17, 15) is 18.4 Å². The second-order valence-electron chi connectivity index (χ2n) is 8.71. The first-order chi connectivity index (χ1) is 18.0. The molecule has 182 valence electrons. The van der Waals surface area contributed by atoms with E-state index >= 15 is 0 Å². The van der Waals surface area contributed by atoms with E-state index in [2.05, 4.69) is 0 Å². The quantitative estimate of drug-likeness (QED) is 0.283. The van der Waals surface area contributed by atoms with Crippen LogP contribution in [0.2, 0.25) is 0 Å². The Morgan fingerprint density at radius 2 is 1.51 bits per heavy atom. The molecule has 5 nitrogen and oxygen atoms in total. The molecule has 5 aromatic rings. The summed E-state index contributed by atoms with van der Waals surface area (Å²) in [7, 11) is 0. The van der Waals surface area contributed by atoms with Gasteiger partial charge in [-0.05, 0) is 65.7 Å². The van der Waals surface area contributed by atoms with Gasteiger partial charge in [0.05, 0.1) is 17.0 Å². The van der Waals surface area contributed by atoms with Crippen molar-refractivity contribution in [2.75, 3.05) is 4.90 Å². The highest BCUT2D eigenvalue weighted by Gasteiger charge is 2.43. The number of ether oxygens (including phenoxy) is 1. The third kappa shape index (κ3) is 4.04. The van der Waals surface area contributed by atoms with E-state index in [1.54, 1.807) is 24.3 Å². The minimum atomic E-state index is -0.861. The molecule has 0 bridgehead atoms. The summed E-state index contributed by atoms with van der Waals surface area (Å²) in [6, 6.07) is 24.9. The summed E-state index contributed by atoms with van der Waals surface area (Å²) in [5, 5.41) is 0.0420. The predicted octanol–water partition coefficient (Wildman–Crippen LogP) is 6.40. The fourth-order valence-electron chi connectivity index (χ4n) is 4.62. The summed E-state index contributed by atoms with van der Waals surface area (Å²) in [5.74, 6) is -1.10. The second kappa shape index (κ2) is 9.02. The van der Waals surface area contributed by atoms with Crippen molar-refractivity contribution in [2.45, 2.75) is 12.6 Å². The molecule has 0 saturated heterocycles. The molecule has 1 unspecified atom stereocenters. The van der Waals surface area contributed by atoms with E-state index in [0.717, 1.165) is 11.6 Å². The molecule has 0 radical (unpaired) electrons. The van der Waals surface area contributed by atoms with Crippen LogP contribution in [0, 0.1) is 11.6 Å². The fourth-order valence-corrected chi connectivity index (χ4v) is 4.62. The minimum Gasteiger partial charge on any atom is -0.489 e. The van der Waals surface area contributed by atoms with Crippen LogP contribution in [-0.2, 0) is 6.61 Å². The maximum atomic E-state index is 14.0. The SMILES string of the molecule is O=C1c2oc3ccc(F)cc3c(=O)c2C(c2ccc(OCc3ccccc3)cc2)N1c1ccc(F)cc1. The molecule has 0 N–H and O–H groups in total. The van der Waals surface area contributed by atoms with Gasteiger partial charge in [-0.1, -0.05) is 42.5 Å². The summed E-state index contributed by atoms with van der Waals surface area (Å²) >= 11 is 0. The normalized spacial score (nSPS) is 14.7. The number of amides is 1. The molecule has 2 heterocycles. The lowest BCUT2D eigenvalue weighted by molar-refractivity contribution is 0.0971. The molecule has 0 spiro atoms. The number of halogens is 2. The monoisotopic (exact) mass is 495 g/mol. The number of benzene rings is 4. The minimum absolute atomic E-state index is 0.0420. The van der Waals surface area contributed by atoms with Gasteiger partial charge in [0.2, 0.25) is 5.76 Å². The van der Waals surface area contributed by atoms with Crippen LogP contribution < -0.4 is 15.1 Å². The average molecular weight is 495 g/mol. The van der Waals surface area contributed by atoms with E-state index in [4.69, 9.17) is 9.15 Å². The van der Waals surface area contributed by atoms with E-state index < -0.39 is 29.0 Å². The van der Waals surface area contributed by atoms with Gasteiger partial charge in [0.15, 0.2) is 5.43 Å². The number of carbonyl (C=O) groups excluding carboxylic acids is 1. The van der Waals surface area contributed by atoms with Crippen LogP contribution in [0.3, 0.4) is 0 Å². The molecule has 1 aliphatic heterocycles. The van der Waals surface area contributed by atoms with Crippen molar-refractivity contribution in [3.63, 3.8) is 0 Å². The molecular weight excluding hydrogens is 476 g/mol. The van der Waals surface area contributed by atoms with Crippen molar-refractivity contribution in [2.24, 2.45) is 0 Å². The Labute approximate surface area is 210 Å². The van der Waals surface area contributed by atoms with Gasteiger partial charge < -0.3 is 9.15 Å². The zero-order valence-electron chi connectivity index (χ0n) is 19.4. The third-order valence-electron chi connectivity index (χ3n) is 6.38. The predicted molar refractivity (Wildman–Crippen MR) is 135 cm³/mol.